The Labute approximate surface area is 207 Å². The molecule has 4 rings (SSSR count). The molecular formula is C23H29ClN4O7. The lowest BCUT2D eigenvalue weighted by Crippen LogP contribution is -2.65. The van der Waals surface area contributed by atoms with Crippen molar-refractivity contribution in [3.63, 3.8) is 0 Å². The van der Waals surface area contributed by atoms with Crippen molar-refractivity contribution in [3.05, 3.63) is 34.1 Å². The van der Waals surface area contributed by atoms with E-state index in [4.69, 9.17) is 11.5 Å². The summed E-state index contributed by atoms with van der Waals surface area (Å²) in [5.74, 6) is -6.95. The van der Waals surface area contributed by atoms with Crippen LogP contribution in [0.1, 0.15) is 17.5 Å². The van der Waals surface area contributed by atoms with E-state index in [1.807, 2.05) is 0 Å². The number of hydrogen-bond donors (Lipinski definition) is 6. The fraction of sp³-hybridized carbons (Fsp3) is 0.435. The van der Waals surface area contributed by atoms with Gasteiger partial charge in [-0.05, 0) is 44.5 Å². The van der Waals surface area contributed by atoms with E-state index in [0.717, 1.165) is 0 Å². The quantitative estimate of drug-likeness (QED) is 0.184. The smallest absolute Gasteiger partial charge is 0.255 e. The number of aliphatic hydroxyl groups excluding tert-OH is 2. The van der Waals surface area contributed by atoms with Gasteiger partial charge in [0.05, 0.1) is 17.3 Å². The number of phenolic OH excluding ortho intramolecular Hbond substituents is 1. The van der Waals surface area contributed by atoms with Crippen molar-refractivity contribution in [1.82, 2.24) is 4.90 Å². The van der Waals surface area contributed by atoms with Crippen molar-refractivity contribution >= 4 is 47.0 Å². The summed E-state index contributed by atoms with van der Waals surface area (Å²) in [5, 5.41) is 44.2. The van der Waals surface area contributed by atoms with Gasteiger partial charge < -0.3 is 36.8 Å². The lowest BCUT2D eigenvalue weighted by Gasteiger charge is -2.50. The first-order chi connectivity index (χ1) is 15.7. The Balaban J connectivity index is 0.00000342. The molecule has 4 atom stereocenters. The first-order valence-electron chi connectivity index (χ1n) is 10.7. The van der Waals surface area contributed by atoms with Crippen LogP contribution in [0.2, 0.25) is 0 Å². The number of fused-ring (bicyclic) bond motifs is 3. The van der Waals surface area contributed by atoms with Crippen LogP contribution in [-0.2, 0) is 20.8 Å². The Hall–Kier alpha value is -3.28. The standard InChI is InChI=1S/C23H28N4O7.ClH/c1-26(2)12-7-11(24)17(28)14-9(12)5-8-6-10-16(27(3)4)19(30)15(22(25)33)21(32)23(10,34)20(31)13(8)18(14)29;/h7-8,10,16,28-29,32,34H,5-6,24H2,1-4H3,(H2,25,33);1H/t8-,10+,16?,23-;/m0./s1. The maximum Gasteiger partial charge on any atom is 0.255 e. The molecule has 1 aromatic rings. The van der Waals surface area contributed by atoms with E-state index in [1.165, 1.54) is 4.90 Å². The predicted molar refractivity (Wildman–Crippen MR) is 130 cm³/mol. The molecule has 3 aliphatic rings. The molecule has 1 fully saturated rings. The third-order valence-corrected chi connectivity index (χ3v) is 7.21. The van der Waals surface area contributed by atoms with Gasteiger partial charge >= 0.3 is 0 Å². The molecule has 35 heavy (non-hydrogen) atoms. The van der Waals surface area contributed by atoms with Crippen molar-refractivity contribution < 1.29 is 34.8 Å². The average molecular weight is 509 g/mol. The number of primary amides is 1. The van der Waals surface area contributed by atoms with Crippen LogP contribution in [0.15, 0.2) is 23.0 Å². The summed E-state index contributed by atoms with van der Waals surface area (Å²) < 4.78 is 0. The number of Topliss-reactive ketones (excluding diaryl/α,β-unsaturated/α-hetero) is 2. The van der Waals surface area contributed by atoms with Crippen LogP contribution in [0.3, 0.4) is 0 Å². The Morgan fingerprint density at radius 1 is 1.14 bits per heavy atom. The largest absolute Gasteiger partial charge is 0.508 e. The van der Waals surface area contributed by atoms with Crippen LogP contribution in [-0.4, -0.2) is 82.6 Å². The highest BCUT2D eigenvalue weighted by molar-refractivity contribution is 6.24. The highest BCUT2D eigenvalue weighted by atomic mass is 35.5. The highest BCUT2D eigenvalue weighted by Gasteiger charge is 2.64. The third kappa shape index (κ3) is 3.37. The first kappa shape index (κ1) is 26.3. The molecule has 8 N–H and O–H groups in total. The second-order valence-corrected chi connectivity index (χ2v) is 9.54. The van der Waals surface area contributed by atoms with Crippen molar-refractivity contribution in [3.8, 4) is 5.75 Å². The number of aliphatic hydroxyl groups is 3. The van der Waals surface area contributed by atoms with E-state index >= 15 is 0 Å². The number of ketones is 2. The molecule has 1 saturated carbocycles. The number of benzene rings is 1. The Morgan fingerprint density at radius 2 is 1.74 bits per heavy atom. The van der Waals surface area contributed by atoms with Crippen LogP contribution >= 0.6 is 12.4 Å². The fourth-order valence-electron chi connectivity index (χ4n) is 5.71. The number of halogens is 1. The minimum atomic E-state index is -2.66. The van der Waals surface area contributed by atoms with Crippen molar-refractivity contribution in [2.24, 2.45) is 17.6 Å². The number of carbonyl (C=O) groups excluding carboxylic acids is 3. The summed E-state index contributed by atoms with van der Waals surface area (Å²) in [6, 6.07) is 0.444. The number of rotatable bonds is 3. The zero-order valence-electron chi connectivity index (χ0n) is 19.7. The SMILES string of the molecule is CN(C)c1cc(N)c(O)c2c1C[C@H]1C[C@@H]3C(N(C)C)C(=O)C(C(N)=O)=C(O)[C@@]3(O)C(=O)C1=C2O.Cl. The van der Waals surface area contributed by atoms with E-state index in [9.17, 15) is 34.8 Å². The van der Waals surface area contributed by atoms with Gasteiger partial charge in [0.1, 0.15) is 22.8 Å². The van der Waals surface area contributed by atoms with Crippen molar-refractivity contribution in [2.75, 3.05) is 38.8 Å². The lowest BCUT2D eigenvalue weighted by molar-refractivity contribution is -0.153. The van der Waals surface area contributed by atoms with Gasteiger partial charge in [-0.15, -0.1) is 12.4 Å². The normalized spacial score (nSPS) is 27.8. The average Bonchev–Trinajstić information content (AvgIpc) is 2.72. The molecule has 11 nitrogen and oxygen atoms in total. The maximum atomic E-state index is 13.7. The van der Waals surface area contributed by atoms with Crippen LogP contribution in [0, 0.1) is 11.8 Å². The summed E-state index contributed by atoms with van der Waals surface area (Å²) in [6.07, 6.45) is 0.236. The second-order valence-electron chi connectivity index (χ2n) is 9.54. The maximum absolute atomic E-state index is 13.7. The van der Waals surface area contributed by atoms with E-state index < -0.39 is 63.8 Å². The van der Waals surface area contributed by atoms with Crippen molar-refractivity contribution in [2.45, 2.75) is 24.5 Å². The molecule has 0 aromatic heterocycles. The molecule has 12 heteroatoms. The summed E-state index contributed by atoms with van der Waals surface area (Å²) in [4.78, 5) is 42.0. The molecular weight excluding hydrogens is 480 g/mol. The number of hydrogen-bond acceptors (Lipinski definition) is 10. The number of carbonyl (C=O) groups is 3. The van der Waals surface area contributed by atoms with Crippen molar-refractivity contribution in [1.29, 1.82) is 0 Å². The van der Waals surface area contributed by atoms with E-state index in [-0.39, 0.29) is 42.1 Å². The number of nitrogen functional groups attached to an aromatic ring is 1. The number of amides is 1. The molecule has 1 unspecified atom stereocenters. The molecule has 1 aromatic carbocycles. The number of nitrogens with zero attached hydrogens (tertiary/aromatic N) is 2. The third-order valence-electron chi connectivity index (χ3n) is 7.21. The Kier molecular flexibility index (Phi) is 6.34. The highest BCUT2D eigenvalue weighted by Crippen LogP contribution is 2.54. The van der Waals surface area contributed by atoms with E-state index in [1.54, 1.807) is 39.2 Å². The Bertz CT molecular complexity index is 1220. The van der Waals surface area contributed by atoms with Gasteiger partial charge in [0, 0.05) is 31.3 Å². The summed E-state index contributed by atoms with van der Waals surface area (Å²) in [7, 11) is 6.64. The zero-order valence-corrected chi connectivity index (χ0v) is 20.5. The molecule has 0 saturated heterocycles. The lowest BCUT2D eigenvalue weighted by atomic mass is 9.57. The minimum absolute atomic E-state index is 0. The summed E-state index contributed by atoms with van der Waals surface area (Å²) in [5.41, 5.74) is 8.68. The van der Waals surface area contributed by atoms with Gasteiger partial charge in [0.15, 0.2) is 11.4 Å². The second kappa shape index (κ2) is 8.43. The fourth-order valence-corrected chi connectivity index (χ4v) is 5.71. The van der Waals surface area contributed by atoms with Gasteiger partial charge in [-0.1, -0.05) is 0 Å². The van der Waals surface area contributed by atoms with E-state index in [2.05, 4.69) is 0 Å². The van der Waals surface area contributed by atoms with Crippen LogP contribution in [0.4, 0.5) is 11.4 Å². The molecule has 1 amide bonds. The molecule has 0 heterocycles. The molecule has 0 bridgehead atoms. The minimum Gasteiger partial charge on any atom is -0.508 e. The monoisotopic (exact) mass is 508 g/mol. The topological polar surface area (TPSA) is 191 Å². The number of aromatic hydroxyl groups is 1. The number of likely N-dealkylation sites (N-methyl/N-ethyl adjacent to an activating group) is 1. The van der Waals surface area contributed by atoms with Crippen LogP contribution in [0.5, 0.6) is 5.75 Å². The predicted octanol–water partition coefficient (Wildman–Crippen LogP) is 0.0340. The number of nitrogens with two attached hydrogens (primary N) is 2. The first-order valence-corrected chi connectivity index (χ1v) is 10.7. The number of anilines is 2. The van der Waals surface area contributed by atoms with Gasteiger partial charge in [-0.2, -0.15) is 0 Å². The summed E-state index contributed by atoms with van der Waals surface area (Å²) in [6.45, 7) is 0. The Morgan fingerprint density at radius 3 is 2.26 bits per heavy atom. The van der Waals surface area contributed by atoms with Gasteiger partial charge in [-0.25, -0.2) is 0 Å². The molecule has 0 aliphatic heterocycles. The molecule has 3 aliphatic carbocycles. The summed E-state index contributed by atoms with van der Waals surface area (Å²) >= 11 is 0. The van der Waals surface area contributed by atoms with Crippen LogP contribution in [0.25, 0.3) is 5.76 Å². The molecule has 0 spiro atoms. The van der Waals surface area contributed by atoms with Gasteiger partial charge in [-0.3, -0.25) is 19.3 Å². The molecule has 0 radical (unpaired) electrons. The van der Waals surface area contributed by atoms with Gasteiger partial charge in [0.25, 0.3) is 5.91 Å². The van der Waals surface area contributed by atoms with E-state index in [0.29, 0.717) is 11.3 Å². The van der Waals surface area contributed by atoms with Gasteiger partial charge in [0.2, 0.25) is 5.78 Å². The zero-order chi connectivity index (χ0) is 25.4. The van der Waals surface area contributed by atoms with Crippen LogP contribution < -0.4 is 16.4 Å². The molecule has 190 valence electrons. The number of phenols is 1.